The predicted octanol–water partition coefficient (Wildman–Crippen LogP) is 2.44. The van der Waals surface area contributed by atoms with Gasteiger partial charge >= 0.3 is 0 Å². The number of halogens is 1. The van der Waals surface area contributed by atoms with Crippen molar-refractivity contribution in [2.75, 3.05) is 39.3 Å². The third-order valence-electron chi connectivity index (χ3n) is 5.36. The van der Waals surface area contributed by atoms with Crippen LogP contribution in [0.1, 0.15) is 53.9 Å². The lowest BCUT2D eigenvalue weighted by atomic mass is 9.88. The molecule has 3 N–H and O–H groups in total. The normalized spacial score (nSPS) is 24.1. The van der Waals surface area contributed by atoms with Crippen molar-refractivity contribution in [3.05, 3.63) is 0 Å². The molecule has 6 nitrogen and oxygen atoms in total. The number of nitrogens with zero attached hydrogens (tertiary/aromatic N) is 2. The summed E-state index contributed by atoms with van der Waals surface area (Å²) >= 11 is 0. The molecule has 7 heteroatoms. The van der Waals surface area contributed by atoms with Crippen LogP contribution in [0.3, 0.4) is 0 Å². The summed E-state index contributed by atoms with van der Waals surface area (Å²) in [5, 5.41) is 9.62. The maximum absolute atomic E-state index is 11.7. The second-order valence-corrected chi connectivity index (χ2v) is 8.85. The molecule has 2 rings (SSSR count). The summed E-state index contributed by atoms with van der Waals surface area (Å²) in [5.41, 5.74) is 0.0471. The van der Waals surface area contributed by atoms with E-state index in [2.05, 4.69) is 55.5 Å². The number of piperidine rings is 1. The van der Waals surface area contributed by atoms with Gasteiger partial charge in [0, 0.05) is 44.2 Å². The fourth-order valence-electron chi connectivity index (χ4n) is 3.73. The van der Waals surface area contributed by atoms with Crippen LogP contribution in [0.5, 0.6) is 0 Å². The molecule has 1 saturated heterocycles. The average molecular weight is 493 g/mol. The summed E-state index contributed by atoms with van der Waals surface area (Å²) in [4.78, 5) is 19.1. The molecule has 1 aliphatic heterocycles. The highest BCUT2D eigenvalue weighted by atomic mass is 127. The van der Waals surface area contributed by atoms with Crippen molar-refractivity contribution < 1.29 is 4.79 Å². The molecule has 0 aromatic heterocycles. The summed E-state index contributed by atoms with van der Waals surface area (Å²) in [6.45, 7) is 16.6. The van der Waals surface area contributed by atoms with Gasteiger partial charge in [-0.05, 0) is 51.9 Å². The number of aliphatic imine (C=N–C) groups is 1. The van der Waals surface area contributed by atoms with Crippen molar-refractivity contribution >= 4 is 35.8 Å². The van der Waals surface area contributed by atoms with E-state index in [1.807, 2.05) is 0 Å². The van der Waals surface area contributed by atoms with Crippen molar-refractivity contribution in [3.63, 3.8) is 0 Å². The van der Waals surface area contributed by atoms with Gasteiger partial charge in [0.25, 0.3) is 0 Å². The van der Waals surface area contributed by atoms with Crippen molar-refractivity contribution in [1.82, 2.24) is 20.9 Å². The van der Waals surface area contributed by atoms with E-state index in [0.717, 1.165) is 56.8 Å². The number of rotatable bonds is 8. The molecule has 27 heavy (non-hydrogen) atoms. The van der Waals surface area contributed by atoms with E-state index in [4.69, 9.17) is 4.99 Å². The van der Waals surface area contributed by atoms with Crippen LogP contribution >= 0.6 is 24.0 Å². The topological polar surface area (TPSA) is 68.8 Å². The average Bonchev–Trinajstić information content (AvgIpc) is 3.40. The van der Waals surface area contributed by atoms with E-state index in [0.29, 0.717) is 13.1 Å². The highest BCUT2D eigenvalue weighted by Gasteiger charge is 2.32. The number of guanidine groups is 1. The molecular formula is C20H40IN5O. The Kier molecular flexibility index (Phi) is 10.4. The molecule has 0 spiro atoms. The number of likely N-dealkylation sites (tertiary alicyclic amines) is 1. The Morgan fingerprint density at radius 2 is 1.67 bits per heavy atom. The first kappa shape index (κ1) is 24.5. The molecule has 0 radical (unpaired) electrons. The maximum atomic E-state index is 11.7. The molecule has 0 bridgehead atoms. The van der Waals surface area contributed by atoms with Gasteiger partial charge in [-0.15, -0.1) is 24.0 Å². The van der Waals surface area contributed by atoms with Gasteiger partial charge in [0.1, 0.15) is 0 Å². The third kappa shape index (κ3) is 8.54. The van der Waals surface area contributed by atoms with Crippen molar-refractivity contribution in [3.8, 4) is 0 Å². The summed E-state index contributed by atoms with van der Waals surface area (Å²) < 4.78 is 0. The third-order valence-corrected chi connectivity index (χ3v) is 5.36. The first-order chi connectivity index (χ1) is 12.3. The number of amides is 1. The van der Waals surface area contributed by atoms with E-state index in [9.17, 15) is 4.79 Å². The summed E-state index contributed by atoms with van der Waals surface area (Å²) in [6, 6.07) is 0. The molecule has 0 aromatic rings. The molecular weight excluding hydrogens is 453 g/mol. The SMILES string of the molecule is CCNC(=NCC(C)(C)N1CC(C)CC(C)C1)NCCNC(=O)C1CC1.I. The molecule has 2 aliphatic rings. The monoisotopic (exact) mass is 493 g/mol. The number of nitrogens with one attached hydrogen (secondary N) is 3. The smallest absolute Gasteiger partial charge is 0.223 e. The lowest BCUT2D eigenvalue weighted by Gasteiger charge is -2.44. The zero-order chi connectivity index (χ0) is 19.2. The van der Waals surface area contributed by atoms with E-state index in [1.165, 1.54) is 6.42 Å². The van der Waals surface area contributed by atoms with Gasteiger partial charge in [0.2, 0.25) is 5.91 Å². The van der Waals surface area contributed by atoms with E-state index < -0.39 is 0 Å². The van der Waals surface area contributed by atoms with Gasteiger partial charge < -0.3 is 16.0 Å². The summed E-state index contributed by atoms with van der Waals surface area (Å²) in [7, 11) is 0. The van der Waals surface area contributed by atoms with E-state index in [-0.39, 0.29) is 41.3 Å². The molecule has 1 aliphatic carbocycles. The second-order valence-electron chi connectivity index (χ2n) is 8.85. The van der Waals surface area contributed by atoms with Gasteiger partial charge in [0.15, 0.2) is 5.96 Å². The van der Waals surface area contributed by atoms with Crippen LogP contribution in [0.15, 0.2) is 4.99 Å². The Morgan fingerprint density at radius 3 is 2.22 bits per heavy atom. The minimum atomic E-state index is 0. The molecule has 2 atom stereocenters. The minimum absolute atomic E-state index is 0. The summed E-state index contributed by atoms with van der Waals surface area (Å²) in [5.74, 6) is 2.81. The lowest BCUT2D eigenvalue weighted by molar-refractivity contribution is -0.122. The zero-order valence-corrected chi connectivity index (χ0v) is 20.1. The van der Waals surface area contributed by atoms with Gasteiger partial charge in [-0.2, -0.15) is 0 Å². The highest BCUT2D eigenvalue weighted by Crippen LogP contribution is 2.28. The van der Waals surface area contributed by atoms with Crippen molar-refractivity contribution in [1.29, 1.82) is 0 Å². The van der Waals surface area contributed by atoms with Crippen LogP contribution in [-0.2, 0) is 4.79 Å². The van der Waals surface area contributed by atoms with Crippen molar-refractivity contribution in [2.24, 2.45) is 22.7 Å². The van der Waals surface area contributed by atoms with Crippen LogP contribution in [-0.4, -0.2) is 61.6 Å². The Labute approximate surface area is 182 Å². The Balaban J connectivity index is 0.00000364. The number of hydrogen-bond donors (Lipinski definition) is 3. The predicted molar refractivity (Wildman–Crippen MR) is 124 cm³/mol. The number of carbonyl (C=O) groups excluding carboxylic acids is 1. The van der Waals surface area contributed by atoms with Crippen LogP contribution in [0.2, 0.25) is 0 Å². The number of hydrogen-bond acceptors (Lipinski definition) is 3. The Hall–Kier alpha value is -0.570. The molecule has 158 valence electrons. The van der Waals surface area contributed by atoms with Crippen molar-refractivity contribution in [2.45, 2.75) is 59.4 Å². The fraction of sp³-hybridized carbons (Fsp3) is 0.900. The quantitative estimate of drug-likeness (QED) is 0.210. The largest absolute Gasteiger partial charge is 0.357 e. The minimum Gasteiger partial charge on any atom is -0.357 e. The molecule has 1 amide bonds. The Bertz CT molecular complexity index is 483. The van der Waals surface area contributed by atoms with Crippen LogP contribution in [0, 0.1) is 17.8 Å². The second kappa shape index (κ2) is 11.4. The van der Waals surface area contributed by atoms with Gasteiger partial charge in [0.05, 0.1) is 6.54 Å². The maximum Gasteiger partial charge on any atom is 0.223 e. The fourth-order valence-corrected chi connectivity index (χ4v) is 3.73. The molecule has 1 saturated carbocycles. The summed E-state index contributed by atoms with van der Waals surface area (Å²) in [6.07, 6.45) is 3.42. The highest BCUT2D eigenvalue weighted by molar-refractivity contribution is 14.0. The molecule has 2 unspecified atom stereocenters. The molecule has 1 heterocycles. The van der Waals surface area contributed by atoms with Gasteiger partial charge in [-0.3, -0.25) is 14.7 Å². The zero-order valence-electron chi connectivity index (χ0n) is 17.8. The number of carbonyl (C=O) groups is 1. The van der Waals surface area contributed by atoms with Crippen LogP contribution in [0.25, 0.3) is 0 Å². The standard InChI is InChI=1S/C20H39N5O.HI/c1-6-21-19(23-10-9-22-18(26)17-7-8-17)24-14-20(4,5)25-12-15(2)11-16(3)13-25;/h15-17H,6-14H2,1-5H3,(H,22,26)(H2,21,23,24);1H. The van der Waals surface area contributed by atoms with E-state index in [1.54, 1.807) is 0 Å². The van der Waals surface area contributed by atoms with Gasteiger partial charge in [-0.25, -0.2) is 0 Å². The van der Waals surface area contributed by atoms with Crippen LogP contribution in [0.4, 0.5) is 0 Å². The van der Waals surface area contributed by atoms with Gasteiger partial charge in [-0.1, -0.05) is 13.8 Å². The van der Waals surface area contributed by atoms with Crippen LogP contribution < -0.4 is 16.0 Å². The molecule has 2 fully saturated rings. The first-order valence-electron chi connectivity index (χ1n) is 10.4. The first-order valence-corrected chi connectivity index (χ1v) is 10.4. The van der Waals surface area contributed by atoms with E-state index >= 15 is 0 Å². The Morgan fingerprint density at radius 1 is 1.07 bits per heavy atom. The molecule has 0 aromatic carbocycles. The lowest BCUT2D eigenvalue weighted by Crippen LogP contribution is -2.53.